The van der Waals surface area contributed by atoms with Crippen molar-refractivity contribution in [3.05, 3.63) is 0 Å². The fraction of sp³-hybridized carbons (Fsp3) is 1.00. The van der Waals surface area contributed by atoms with E-state index in [0.717, 1.165) is 45.1 Å². The minimum atomic E-state index is -1.88. The molecule has 0 aliphatic heterocycles. The average Bonchev–Trinajstić information content (AvgIpc) is 3.02. The van der Waals surface area contributed by atoms with E-state index < -0.39 is 11.3 Å². The molecule has 0 aromatic heterocycles. The summed E-state index contributed by atoms with van der Waals surface area (Å²) in [5.41, 5.74) is -0.121. The van der Waals surface area contributed by atoms with E-state index in [1.807, 2.05) is 0 Å². The maximum atomic E-state index is 13.2. The molecule has 2 N–H and O–H groups in total. The second-order valence-electron chi connectivity index (χ2n) is 10.7. The molecule has 5 heteroatoms. The lowest BCUT2D eigenvalue weighted by Crippen LogP contribution is -2.68. The highest BCUT2D eigenvalue weighted by molar-refractivity contribution is 7.73. The van der Waals surface area contributed by atoms with E-state index in [-0.39, 0.29) is 16.9 Å². The molecule has 0 spiro atoms. The molecule has 4 aliphatic carbocycles. The maximum absolute atomic E-state index is 13.2. The van der Waals surface area contributed by atoms with E-state index in [4.69, 9.17) is 0 Å². The quantitative estimate of drug-likeness (QED) is 0.517. The van der Waals surface area contributed by atoms with Gasteiger partial charge in [0.1, 0.15) is 18.6 Å². The lowest BCUT2D eigenvalue weighted by molar-refractivity contribution is -0.870. The molecule has 0 radical (unpaired) electrons. The van der Waals surface area contributed by atoms with E-state index in [2.05, 4.69) is 13.8 Å². The van der Waals surface area contributed by atoms with Crippen LogP contribution in [0, 0.1) is 16.7 Å². The van der Waals surface area contributed by atoms with Gasteiger partial charge < -0.3 is 5.11 Å². The Kier molecular flexibility index (Phi) is 5.55. The highest BCUT2D eigenvalue weighted by atomic mass is 32.2. The standard InChI is InChI=1S/C22H39NO3S/c1-21(2)17-13-14-22(21,20(24)15-17)16-23(27(25)26,18-9-5-3-6-10-18)19-11-7-4-8-12-19/h17-20,24H,3-16H2,1-2H3/p+1/t17?,20?,22-/m1/s1. The highest BCUT2D eigenvalue weighted by Crippen LogP contribution is 2.67. The minimum absolute atomic E-state index is 0.0681. The van der Waals surface area contributed by atoms with Crippen LogP contribution in [-0.2, 0) is 11.3 Å². The third kappa shape index (κ3) is 2.98. The third-order valence-corrected chi connectivity index (χ3v) is 10.9. The second-order valence-corrected chi connectivity index (χ2v) is 11.8. The Morgan fingerprint density at radius 2 is 1.44 bits per heavy atom. The van der Waals surface area contributed by atoms with Crippen LogP contribution >= 0.6 is 0 Å². The molecule has 4 rings (SSSR count). The molecule has 0 amide bonds. The zero-order valence-electron chi connectivity index (χ0n) is 17.4. The summed E-state index contributed by atoms with van der Waals surface area (Å²) in [5.74, 6) is 0.569. The molecule has 156 valence electrons. The van der Waals surface area contributed by atoms with Crippen LogP contribution in [0.2, 0.25) is 0 Å². The van der Waals surface area contributed by atoms with Crippen molar-refractivity contribution in [2.75, 3.05) is 6.54 Å². The third-order valence-electron chi connectivity index (χ3n) is 9.59. The van der Waals surface area contributed by atoms with Gasteiger partial charge in [0.2, 0.25) is 0 Å². The van der Waals surface area contributed by atoms with Gasteiger partial charge in [-0.05, 0) is 56.3 Å². The summed E-state index contributed by atoms with van der Waals surface area (Å²) in [7, 11) is 0. The monoisotopic (exact) mass is 398 g/mol. The SMILES string of the molecule is CC1(C)C2CC[C@@]1(C[N+](C1CCCCC1)(C1CCCCC1)S(=O)O)C(O)C2. The number of hydrogen-bond acceptors (Lipinski definition) is 2. The fourth-order valence-corrected chi connectivity index (χ4v) is 9.03. The summed E-state index contributed by atoms with van der Waals surface area (Å²) >= 11 is -1.88. The predicted octanol–water partition coefficient (Wildman–Crippen LogP) is 4.79. The predicted molar refractivity (Wildman–Crippen MR) is 109 cm³/mol. The molecule has 3 unspecified atom stereocenters. The van der Waals surface area contributed by atoms with E-state index in [1.54, 1.807) is 0 Å². The normalized spacial score (nSPS) is 39.0. The van der Waals surface area contributed by atoms with E-state index in [0.29, 0.717) is 21.9 Å². The molecular formula is C22H40NO3S+. The molecule has 0 aromatic carbocycles. The first-order valence-corrected chi connectivity index (χ1v) is 12.6. The van der Waals surface area contributed by atoms with Crippen molar-refractivity contribution in [3.63, 3.8) is 0 Å². The summed E-state index contributed by atoms with van der Waals surface area (Å²) in [6.07, 6.45) is 14.4. The van der Waals surface area contributed by atoms with E-state index in [9.17, 15) is 13.9 Å². The van der Waals surface area contributed by atoms with Crippen LogP contribution < -0.4 is 0 Å². The number of rotatable bonds is 5. The summed E-state index contributed by atoms with van der Waals surface area (Å²) in [6, 6.07) is 0.592. The molecule has 4 fully saturated rings. The van der Waals surface area contributed by atoms with Crippen LogP contribution in [0.3, 0.4) is 0 Å². The number of quaternary nitrogens is 1. The van der Waals surface area contributed by atoms with Crippen molar-refractivity contribution in [1.29, 1.82) is 0 Å². The van der Waals surface area contributed by atoms with Gasteiger partial charge in [0.05, 0.1) is 11.5 Å². The van der Waals surface area contributed by atoms with Crippen LogP contribution in [0.25, 0.3) is 0 Å². The number of aliphatic hydroxyl groups is 1. The van der Waals surface area contributed by atoms with Crippen LogP contribution in [0.4, 0.5) is 0 Å². The number of fused-ring (bicyclic) bond motifs is 2. The van der Waals surface area contributed by atoms with Gasteiger partial charge >= 0.3 is 11.3 Å². The van der Waals surface area contributed by atoms with Crippen molar-refractivity contribution < 1.29 is 17.8 Å². The molecular weight excluding hydrogens is 358 g/mol. The Hall–Kier alpha value is 0.0300. The summed E-state index contributed by atoms with van der Waals surface area (Å²) in [6.45, 7) is 5.38. The van der Waals surface area contributed by atoms with Crippen LogP contribution in [0.15, 0.2) is 0 Å². The van der Waals surface area contributed by atoms with Gasteiger partial charge in [-0.3, -0.25) is 4.55 Å². The smallest absolute Gasteiger partial charge is 0.359 e. The van der Waals surface area contributed by atoms with Crippen molar-refractivity contribution in [3.8, 4) is 0 Å². The van der Waals surface area contributed by atoms with Crippen molar-refractivity contribution in [2.24, 2.45) is 16.7 Å². The number of nitrogens with zero attached hydrogens (tertiary/aromatic N) is 1. The van der Waals surface area contributed by atoms with Gasteiger partial charge in [-0.2, -0.15) is 4.21 Å². The Balaban J connectivity index is 1.76. The zero-order chi connectivity index (χ0) is 19.3. The molecule has 4 nitrogen and oxygen atoms in total. The van der Waals surface area contributed by atoms with Crippen molar-refractivity contribution in [1.82, 2.24) is 0 Å². The number of aliphatic hydroxyl groups excluding tert-OH is 1. The van der Waals surface area contributed by atoms with Gasteiger partial charge in [-0.25, -0.2) is 3.89 Å². The van der Waals surface area contributed by atoms with Crippen molar-refractivity contribution in [2.45, 2.75) is 116 Å². The molecule has 0 aromatic rings. The maximum Gasteiger partial charge on any atom is 0.359 e. The fourth-order valence-electron chi connectivity index (χ4n) is 7.76. The topological polar surface area (TPSA) is 57.5 Å². The van der Waals surface area contributed by atoms with Gasteiger partial charge in [0, 0.05) is 25.7 Å². The lowest BCUT2D eigenvalue weighted by atomic mass is 9.67. The van der Waals surface area contributed by atoms with Crippen LogP contribution in [0.5, 0.6) is 0 Å². The Labute approximate surface area is 168 Å². The van der Waals surface area contributed by atoms with Gasteiger partial charge in [0.25, 0.3) is 0 Å². The van der Waals surface area contributed by atoms with Crippen LogP contribution in [-0.4, -0.2) is 42.5 Å². The minimum Gasteiger partial charge on any atom is -0.392 e. The first kappa shape index (κ1) is 20.3. The summed E-state index contributed by atoms with van der Waals surface area (Å²) in [4.78, 5) is 0. The molecule has 4 atom stereocenters. The van der Waals surface area contributed by atoms with Gasteiger partial charge in [-0.1, -0.05) is 26.7 Å². The summed E-state index contributed by atoms with van der Waals surface area (Å²) in [5, 5.41) is 11.2. The van der Waals surface area contributed by atoms with Crippen LogP contribution in [0.1, 0.15) is 97.3 Å². The largest absolute Gasteiger partial charge is 0.392 e. The lowest BCUT2D eigenvalue weighted by Gasteiger charge is -2.54. The molecule has 0 heterocycles. The number of hydrogen-bond donors (Lipinski definition) is 2. The second kappa shape index (κ2) is 7.37. The first-order valence-electron chi connectivity index (χ1n) is 11.5. The van der Waals surface area contributed by atoms with Gasteiger partial charge in [-0.15, -0.1) is 0 Å². The summed E-state index contributed by atoms with van der Waals surface area (Å²) < 4.78 is 24.5. The Bertz CT molecular complexity index is 550. The Morgan fingerprint density at radius 3 is 1.81 bits per heavy atom. The molecule has 4 saturated carbocycles. The first-order chi connectivity index (χ1) is 12.8. The molecule has 2 bridgehead atoms. The average molecular weight is 399 g/mol. The highest BCUT2D eigenvalue weighted by Gasteiger charge is 2.69. The molecule has 4 aliphatic rings. The van der Waals surface area contributed by atoms with E-state index in [1.165, 1.54) is 44.9 Å². The molecule has 0 saturated heterocycles. The van der Waals surface area contributed by atoms with E-state index >= 15 is 0 Å². The molecule has 27 heavy (non-hydrogen) atoms. The van der Waals surface area contributed by atoms with Crippen molar-refractivity contribution >= 4 is 11.3 Å². The van der Waals surface area contributed by atoms with Gasteiger partial charge in [0.15, 0.2) is 0 Å². The Morgan fingerprint density at radius 1 is 0.926 bits per heavy atom. The zero-order valence-corrected chi connectivity index (χ0v) is 18.2.